The summed E-state index contributed by atoms with van der Waals surface area (Å²) in [7, 11) is 0. The highest BCUT2D eigenvalue weighted by molar-refractivity contribution is 6.17. The molecular formula is C64H48N2. The first kappa shape index (κ1) is 38.5. The molecule has 11 aromatic carbocycles. The van der Waals surface area contributed by atoms with Gasteiger partial charge in [-0.1, -0.05) is 161 Å². The maximum Gasteiger partial charge on any atom is 0.0567 e. The quantitative estimate of drug-likeness (QED) is 0.154. The molecule has 314 valence electrons. The second kappa shape index (κ2) is 14.3. The number of para-hydroxylation sites is 2. The summed E-state index contributed by atoms with van der Waals surface area (Å²) in [6.45, 7) is 9.56. The van der Waals surface area contributed by atoms with Gasteiger partial charge in [-0.05, 0) is 167 Å². The Morgan fingerprint density at radius 3 is 1.24 bits per heavy atom. The Morgan fingerprint density at radius 2 is 0.697 bits per heavy atom. The van der Waals surface area contributed by atoms with E-state index in [1.165, 1.54) is 87.6 Å². The number of hydrogen-bond donors (Lipinski definition) is 0. The molecule has 2 heteroatoms. The van der Waals surface area contributed by atoms with Gasteiger partial charge in [0.2, 0.25) is 0 Å². The molecule has 0 amide bonds. The standard InChI is InChI=1S/C64H48N2/c1-63(2)57-36-44-20-13-11-18-42(44)34-55(57)53-31-29-49(38-59(53)63)65(47-22-7-5-8-23-47)51-33-46-28-27-41-17-15-16-26-52(41)62(46)61(40-51)66(48-24-9-6-10-25-48)50-30-32-54-56-35-43-19-12-14-21-45(43)37-58(56)64(3,4)60(54)39-50/h5-40H,1-4H3. The van der Waals surface area contributed by atoms with Gasteiger partial charge in [0.25, 0.3) is 0 Å². The summed E-state index contributed by atoms with van der Waals surface area (Å²) in [4.78, 5) is 4.97. The summed E-state index contributed by atoms with van der Waals surface area (Å²) in [5.41, 5.74) is 17.1. The molecule has 0 aliphatic heterocycles. The van der Waals surface area contributed by atoms with Gasteiger partial charge in [0, 0.05) is 44.7 Å². The lowest BCUT2D eigenvalue weighted by molar-refractivity contribution is 0.661. The highest BCUT2D eigenvalue weighted by Crippen LogP contribution is 2.55. The number of rotatable bonds is 6. The van der Waals surface area contributed by atoms with Gasteiger partial charge < -0.3 is 9.80 Å². The molecule has 0 N–H and O–H groups in total. The normalized spacial score (nSPS) is 14.0. The molecule has 0 atom stereocenters. The monoisotopic (exact) mass is 844 g/mol. The summed E-state index contributed by atoms with van der Waals surface area (Å²) in [5, 5.41) is 9.98. The van der Waals surface area contributed by atoms with Crippen LogP contribution >= 0.6 is 0 Å². The molecule has 13 rings (SSSR count). The second-order valence-electron chi connectivity index (χ2n) is 19.4. The fourth-order valence-corrected chi connectivity index (χ4v) is 11.5. The SMILES string of the molecule is CC1(C)c2cc(N(c3ccccc3)c3cc(N(c4ccccc4)c4ccc5c(c4)C(C)(C)c4cc6ccccc6cc4-5)c4c(ccc5ccccc54)c3)ccc2-c2cc3ccccc3cc21. The van der Waals surface area contributed by atoms with Gasteiger partial charge >= 0.3 is 0 Å². The molecular weight excluding hydrogens is 797 g/mol. The van der Waals surface area contributed by atoms with Gasteiger partial charge in [0.15, 0.2) is 0 Å². The van der Waals surface area contributed by atoms with Crippen LogP contribution in [0.4, 0.5) is 34.1 Å². The van der Waals surface area contributed by atoms with Gasteiger partial charge in [0.05, 0.1) is 5.69 Å². The van der Waals surface area contributed by atoms with Crippen LogP contribution in [-0.2, 0) is 10.8 Å². The van der Waals surface area contributed by atoms with Crippen molar-refractivity contribution in [3.8, 4) is 22.3 Å². The molecule has 0 spiro atoms. The van der Waals surface area contributed by atoms with Crippen LogP contribution in [0.15, 0.2) is 218 Å². The van der Waals surface area contributed by atoms with Crippen molar-refractivity contribution >= 4 is 77.2 Å². The number of nitrogens with zero attached hydrogens (tertiary/aromatic N) is 2. The zero-order valence-electron chi connectivity index (χ0n) is 37.7. The van der Waals surface area contributed by atoms with E-state index in [2.05, 4.69) is 256 Å². The Balaban J connectivity index is 1.05. The Kier molecular flexibility index (Phi) is 8.33. The van der Waals surface area contributed by atoms with Crippen molar-refractivity contribution in [1.29, 1.82) is 0 Å². The molecule has 2 nitrogen and oxygen atoms in total. The lowest BCUT2D eigenvalue weighted by Gasteiger charge is -2.32. The average Bonchev–Trinajstić information content (AvgIpc) is 3.70. The molecule has 0 aromatic heterocycles. The minimum absolute atomic E-state index is 0.182. The average molecular weight is 845 g/mol. The van der Waals surface area contributed by atoms with E-state index in [9.17, 15) is 0 Å². The summed E-state index contributed by atoms with van der Waals surface area (Å²) in [6, 6.07) is 81.6. The molecule has 0 fully saturated rings. The van der Waals surface area contributed by atoms with E-state index in [-0.39, 0.29) is 10.8 Å². The lowest BCUT2D eigenvalue weighted by atomic mass is 9.81. The third kappa shape index (κ3) is 5.74. The third-order valence-corrected chi connectivity index (χ3v) is 14.9. The van der Waals surface area contributed by atoms with Gasteiger partial charge in [-0.25, -0.2) is 0 Å². The van der Waals surface area contributed by atoms with Gasteiger partial charge in [-0.15, -0.1) is 0 Å². The predicted octanol–water partition coefficient (Wildman–Crippen LogP) is 17.9. The third-order valence-electron chi connectivity index (χ3n) is 14.9. The Labute approximate surface area is 386 Å². The molecule has 0 radical (unpaired) electrons. The number of benzene rings is 11. The summed E-state index contributed by atoms with van der Waals surface area (Å²) < 4.78 is 0. The molecule has 66 heavy (non-hydrogen) atoms. The Morgan fingerprint density at radius 1 is 0.273 bits per heavy atom. The van der Waals surface area contributed by atoms with Crippen molar-refractivity contribution < 1.29 is 0 Å². The Bertz CT molecular complexity index is 3770. The van der Waals surface area contributed by atoms with Crippen molar-refractivity contribution in [2.24, 2.45) is 0 Å². The van der Waals surface area contributed by atoms with E-state index in [1.54, 1.807) is 0 Å². The fourth-order valence-electron chi connectivity index (χ4n) is 11.5. The van der Waals surface area contributed by atoms with Gasteiger partial charge in [-0.3, -0.25) is 0 Å². The van der Waals surface area contributed by atoms with E-state index in [1.807, 2.05) is 0 Å². The molecule has 0 unspecified atom stereocenters. The van der Waals surface area contributed by atoms with Crippen LogP contribution in [0, 0.1) is 0 Å². The van der Waals surface area contributed by atoms with E-state index < -0.39 is 0 Å². The number of hydrogen-bond acceptors (Lipinski definition) is 2. The van der Waals surface area contributed by atoms with Crippen LogP contribution < -0.4 is 9.80 Å². The lowest BCUT2D eigenvalue weighted by Crippen LogP contribution is -2.18. The van der Waals surface area contributed by atoms with E-state index in [0.717, 1.165) is 34.1 Å². The number of anilines is 6. The first-order valence-corrected chi connectivity index (χ1v) is 23.2. The summed E-state index contributed by atoms with van der Waals surface area (Å²) in [5.74, 6) is 0. The molecule has 11 aromatic rings. The topological polar surface area (TPSA) is 6.48 Å². The van der Waals surface area contributed by atoms with Crippen LogP contribution in [0.1, 0.15) is 49.9 Å². The van der Waals surface area contributed by atoms with Crippen LogP contribution in [0.25, 0.3) is 65.3 Å². The number of fused-ring (bicyclic) bond motifs is 11. The maximum absolute atomic E-state index is 2.50. The molecule has 0 bridgehead atoms. The van der Waals surface area contributed by atoms with Crippen molar-refractivity contribution in [3.63, 3.8) is 0 Å². The smallest absolute Gasteiger partial charge is 0.0567 e. The summed E-state index contributed by atoms with van der Waals surface area (Å²) >= 11 is 0. The van der Waals surface area contributed by atoms with Crippen molar-refractivity contribution in [2.75, 3.05) is 9.80 Å². The fraction of sp³-hybridized carbons (Fsp3) is 0.0938. The van der Waals surface area contributed by atoms with E-state index in [0.29, 0.717) is 0 Å². The van der Waals surface area contributed by atoms with E-state index in [4.69, 9.17) is 0 Å². The molecule has 2 aliphatic carbocycles. The highest BCUT2D eigenvalue weighted by Gasteiger charge is 2.38. The summed E-state index contributed by atoms with van der Waals surface area (Å²) in [6.07, 6.45) is 0. The predicted molar refractivity (Wildman–Crippen MR) is 281 cm³/mol. The van der Waals surface area contributed by atoms with Crippen LogP contribution in [0.5, 0.6) is 0 Å². The van der Waals surface area contributed by atoms with Crippen LogP contribution in [0.3, 0.4) is 0 Å². The molecule has 2 aliphatic rings. The second-order valence-corrected chi connectivity index (χ2v) is 19.4. The zero-order valence-corrected chi connectivity index (χ0v) is 37.7. The largest absolute Gasteiger partial charge is 0.310 e. The van der Waals surface area contributed by atoms with Crippen molar-refractivity contribution in [2.45, 2.75) is 38.5 Å². The van der Waals surface area contributed by atoms with E-state index >= 15 is 0 Å². The van der Waals surface area contributed by atoms with Gasteiger partial charge in [-0.2, -0.15) is 0 Å². The van der Waals surface area contributed by atoms with Crippen molar-refractivity contribution in [1.82, 2.24) is 0 Å². The molecule has 0 heterocycles. The maximum atomic E-state index is 2.50. The molecule has 0 saturated heterocycles. The zero-order chi connectivity index (χ0) is 44.3. The van der Waals surface area contributed by atoms with Gasteiger partial charge in [0.1, 0.15) is 0 Å². The molecule has 0 saturated carbocycles. The first-order valence-electron chi connectivity index (χ1n) is 23.2. The van der Waals surface area contributed by atoms with Crippen molar-refractivity contribution in [3.05, 3.63) is 241 Å². The first-order chi connectivity index (χ1) is 32.2. The Hall–Kier alpha value is -7.94. The van der Waals surface area contributed by atoms with Crippen LogP contribution in [0.2, 0.25) is 0 Å². The van der Waals surface area contributed by atoms with Crippen LogP contribution in [-0.4, -0.2) is 0 Å². The minimum Gasteiger partial charge on any atom is -0.310 e. The minimum atomic E-state index is -0.193. The highest BCUT2D eigenvalue weighted by atomic mass is 15.2.